The van der Waals surface area contributed by atoms with E-state index in [0.717, 1.165) is 0 Å². The second kappa shape index (κ2) is 12.9. The summed E-state index contributed by atoms with van der Waals surface area (Å²) in [7, 11) is 2.78. The molecule has 0 unspecified atom stereocenters. The molecule has 0 aliphatic rings. The molecule has 0 bridgehead atoms. The number of hydrogen-bond donors (Lipinski definition) is 4. The molecule has 0 aliphatic heterocycles. The van der Waals surface area contributed by atoms with Crippen LogP contribution in [0.5, 0.6) is 11.5 Å². The number of halogens is 1. The standard InChI is InChI=1S/C22H25ClN4O7/c1-32-16-6-3-7-17(33-2)18(16)20(28)26-15(5-4-12-25-22(30)31)21(29)34-27-19(24)13-8-10-14(23)11-9-13/h3,6-11,15,25H,4-5,12H2,1-2H3,(H2,24,27)(H,26,28)(H,30,31)/t15-/m0/s1. The predicted molar refractivity (Wildman–Crippen MR) is 124 cm³/mol. The Labute approximate surface area is 200 Å². The number of nitrogens with zero attached hydrogens (tertiary/aromatic N) is 1. The minimum absolute atomic E-state index is 0.0543. The summed E-state index contributed by atoms with van der Waals surface area (Å²) >= 11 is 5.84. The molecule has 5 N–H and O–H groups in total. The molecule has 2 aromatic rings. The smallest absolute Gasteiger partial charge is 0.404 e. The van der Waals surface area contributed by atoms with Crippen LogP contribution in [-0.2, 0) is 9.63 Å². The maximum atomic E-state index is 13.0. The van der Waals surface area contributed by atoms with E-state index in [-0.39, 0.29) is 42.3 Å². The average Bonchev–Trinajstić information content (AvgIpc) is 2.83. The van der Waals surface area contributed by atoms with Gasteiger partial charge in [0.25, 0.3) is 5.91 Å². The number of nitrogens with one attached hydrogen (secondary N) is 2. The predicted octanol–water partition coefficient (Wildman–Crippen LogP) is 2.37. The maximum Gasteiger partial charge on any atom is 0.404 e. The van der Waals surface area contributed by atoms with Gasteiger partial charge in [-0.1, -0.05) is 22.8 Å². The Hall–Kier alpha value is -3.99. The van der Waals surface area contributed by atoms with Crippen molar-refractivity contribution in [3.05, 3.63) is 58.6 Å². The Morgan fingerprint density at radius 2 is 1.71 bits per heavy atom. The fraction of sp³-hybridized carbons (Fsp3) is 0.273. The third-order valence-corrected chi connectivity index (χ3v) is 4.82. The number of benzene rings is 2. The quantitative estimate of drug-likeness (QED) is 0.122. The van der Waals surface area contributed by atoms with Gasteiger partial charge in [-0.05, 0) is 49.2 Å². The van der Waals surface area contributed by atoms with Crippen LogP contribution in [0.3, 0.4) is 0 Å². The summed E-state index contributed by atoms with van der Waals surface area (Å²) in [6.07, 6.45) is -0.924. The van der Waals surface area contributed by atoms with E-state index in [1.165, 1.54) is 14.2 Å². The van der Waals surface area contributed by atoms with Crippen molar-refractivity contribution in [1.29, 1.82) is 0 Å². The monoisotopic (exact) mass is 492 g/mol. The molecule has 2 aromatic carbocycles. The average molecular weight is 493 g/mol. The number of ether oxygens (including phenoxy) is 2. The number of carbonyl (C=O) groups excluding carboxylic acids is 2. The number of hydrogen-bond acceptors (Lipinski definition) is 7. The van der Waals surface area contributed by atoms with Crippen molar-refractivity contribution >= 4 is 35.4 Å². The molecule has 0 spiro atoms. The first-order valence-electron chi connectivity index (χ1n) is 10.1. The topological polar surface area (TPSA) is 162 Å². The van der Waals surface area contributed by atoms with E-state index in [4.69, 9.17) is 36.8 Å². The minimum Gasteiger partial charge on any atom is -0.496 e. The Balaban J connectivity index is 2.19. The Morgan fingerprint density at radius 1 is 1.09 bits per heavy atom. The molecule has 0 heterocycles. The largest absolute Gasteiger partial charge is 0.496 e. The molecule has 2 rings (SSSR count). The minimum atomic E-state index is -1.21. The van der Waals surface area contributed by atoms with E-state index in [9.17, 15) is 14.4 Å². The van der Waals surface area contributed by atoms with Crippen LogP contribution in [0.4, 0.5) is 4.79 Å². The van der Waals surface area contributed by atoms with Crippen LogP contribution in [0.1, 0.15) is 28.8 Å². The van der Waals surface area contributed by atoms with Gasteiger partial charge < -0.3 is 35.8 Å². The van der Waals surface area contributed by atoms with Crippen LogP contribution < -0.4 is 25.8 Å². The molecular weight excluding hydrogens is 468 g/mol. The molecule has 12 heteroatoms. The van der Waals surface area contributed by atoms with E-state index >= 15 is 0 Å². The number of oxime groups is 1. The Bertz CT molecular complexity index is 1020. The number of amidine groups is 1. The van der Waals surface area contributed by atoms with Gasteiger partial charge in [-0.3, -0.25) is 4.79 Å². The lowest BCUT2D eigenvalue weighted by Crippen LogP contribution is -2.42. The molecule has 2 amide bonds. The summed E-state index contributed by atoms with van der Waals surface area (Å²) in [5, 5.41) is 17.6. The van der Waals surface area contributed by atoms with Crippen LogP contribution in [0.25, 0.3) is 0 Å². The molecule has 0 aromatic heterocycles. The third-order valence-electron chi connectivity index (χ3n) is 4.56. The van der Waals surface area contributed by atoms with E-state index in [1.54, 1.807) is 42.5 Å². The summed E-state index contributed by atoms with van der Waals surface area (Å²) < 4.78 is 10.5. The van der Waals surface area contributed by atoms with E-state index in [0.29, 0.717) is 10.6 Å². The number of carboxylic acid groups (broad SMARTS) is 1. The number of nitrogens with two attached hydrogens (primary N) is 1. The molecule has 0 saturated carbocycles. The molecule has 34 heavy (non-hydrogen) atoms. The third kappa shape index (κ3) is 7.55. The molecule has 0 radical (unpaired) electrons. The normalized spacial score (nSPS) is 11.8. The highest BCUT2D eigenvalue weighted by atomic mass is 35.5. The van der Waals surface area contributed by atoms with Gasteiger partial charge in [-0.2, -0.15) is 0 Å². The summed E-state index contributed by atoms with van der Waals surface area (Å²) in [4.78, 5) is 41.3. The number of methoxy groups -OCH3 is 2. The second-order valence-electron chi connectivity index (χ2n) is 6.83. The highest BCUT2D eigenvalue weighted by Crippen LogP contribution is 2.28. The fourth-order valence-electron chi connectivity index (χ4n) is 2.89. The summed E-state index contributed by atoms with van der Waals surface area (Å²) in [6.45, 7) is 0.0587. The van der Waals surface area contributed by atoms with Crippen LogP contribution >= 0.6 is 11.6 Å². The van der Waals surface area contributed by atoms with Gasteiger partial charge in [0.05, 0.1) is 14.2 Å². The Morgan fingerprint density at radius 3 is 2.26 bits per heavy atom. The summed E-state index contributed by atoms with van der Waals surface area (Å²) in [5.41, 5.74) is 6.41. The zero-order valence-electron chi connectivity index (χ0n) is 18.5. The zero-order chi connectivity index (χ0) is 25.1. The van der Waals surface area contributed by atoms with Crippen LogP contribution in [0.15, 0.2) is 47.6 Å². The van der Waals surface area contributed by atoms with Crippen LogP contribution in [-0.4, -0.2) is 55.7 Å². The van der Waals surface area contributed by atoms with Gasteiger partial charge in [-0.25, -0.2) is 9.59 Å². The first-order valence-corrected chi connectivity index (χ1v) is 10.4. The van der Waals surface area contributed by atoms with Gasteiger partial charge in [-0.15, -0.1) is 0 Å². The lowest BCUT2D eigenvalue weighted by Gasteiger charge is -2.18. The van der Waals surface area contributed by atoms with Crippen molar-refractivity contribution in [2.75, 3.05) is 20.8 Å². The van der Waals surface area contributed by atoms with E-state index < -0.39 is 24.0 Å². The molecule has 0 aliphatic carbocycles. The molecule has 0 fully saturated rings. The lowest BCUT2D eigenvalue weighted by atomic mass is 10.1. The van der Waals surface area contributed by atoms with Gasteiger partial charge in [0.15, 0.2) is 5.84 Å². The first-order chi connectivity index (χ1) is 16.3. The van der Waals surface area contributed by atoms with Gasteiger partial charge in [0, 0.05) is 17.1 Å². The van der Waals surface area contributed by atoms with E-state index in [2.05, 4.69) is 15.8 Å². The summed E-state index contributed by atoms with van der Waals surface area (Å²) in [5.74, 6) is -1.15. The van der Waals surface area contributed by atoms with Crippen LogP contribution in [0.2, 0.25) is 5.02 Å². The van der Waals surface area contributed by atoms with Crippen molar-refractivity contribution in [1.82, 2.24) is 10.6 Å². The molecule has 182 valence electrons. The van der Waals surface area contributed by atoms with Gasteiger partial charge in [0.1, 0.15) is 23.1 Å². The molecular formula is C22H25ClN4O7. The van der Waals surface area contributed by atoms with E-state index in [1.807, 2.05) is 0 Å². The maximum absolute atomic E-state index is 13.0. The Kier molecular flexibility index (Phi) is 9.96. The second-order valence-corrected chi connectivity index (χ2v) is 7.27. The van der Waals surface area contributed by atoms with Crippen molar-refractivity contribution in [2.45, 2.75) is 18.9 Å². The number of carbonyl (C=O) groups is 3. The van der Waals surface area contributed by atoms with Crippen molar-refractivity contribution < 1.29 is 33.8 Å². The molecule has 11 nitrogen and oxygen atoms in total. The number of amides is 2. The van der Waals surface area contributed by atoms with Crippen molar-refractivity contribution in [3.63, 3.8) is 0 Å². The van der Waals surface area contributed by atoms with Gasteiger partial charge >= 0.3 is 12.1 Å². The van der Waals surface area contributed by atoms with Crippen LogP contribution in [0, 0.1) is 0 Å². The van der Waals surface area contributed by atoms with Gasteiger partial charge in [0.2, 0.25) is 0 Å². The first kappa shape index (κ1) is 26.3. The highest BCUT2D eigenvalue weighted by Gasteiger charge is 2.27. The highest BCUT2D eigenvalue weighted by molar-refractivity contribution is 6.30. The van der Waals surface area contributed by atoms with Crippen molar-refractivity contribution in [3.8, 4) is 11.5 Å². The van der Waals surface area contributed by atoms with Crippen molar-refractivity contribution in [2.24, 2.45) is 10.9 Å². The molecule has 1 atom stereocenters. The SMILES string of the molecule is COc1cccc(OC)c1C(=O)N[C@@H](CCCNC(=O)O)C(=O)ON=C(N)c1ccc(Cl)cc1. The summed E-state index contributed by atoms with van der Waals surface area (Å²) in [6, 6.07) is 10.0. The molecule has 0 saturated heterocycles. The lowest BCUT2D eigenvalue weighted by molar-refractivity contribution is -0.146. The number of rotatable bonds is 11. The zero-order valence-corrected chi connectivity index (χ0v) is 19.3. The fourth-order valence-corrected chi connectivity index (χ4v) is 3.01.